The van der Waals surface area contributed by atoms with Crippen molar-refractivity contribution in [2.24, 2.45) is 10.9 Å². The summed E-state index contributed by atoms with van der Waals surface area (Å²) >= 11 is 0. The van der Waals surface area contributed by atoms with Gasteiger partial charge in [-0.25, -0.2) is 0 Å². The Kier molecular flexibility index (Phi) is 7.29. The molecule has 1 saturated carbocycles. The Bertz CT molecular complexity index is 477. The Balaban J connectivity index is 1.79. The molecule has 1 aromatic heterocycles. The molecule has 0 aliphatic heterocycles. The van der Waals surface area contributed by atoms with Gasteiger partial charge in [0.25, 0.3) is 0 Å². The Morgan fingerprint density at radius 2 is 2.22 bits per heavy atom. The fourth-order valence-corrected chi connectivity index (χ4v) is 2.18. The second-order valence-corrected chi connectivity index (χ2v) is 5.93. The number of hydrogen-bond donors (Lipinski definition) is 2. The van der Waals surface area contributed by atoms with Crippen molar-refractivity contribution in [2.75, 3.05) is 39.9 Å². The van der Waals surface area contributed by atoms with E-state index in [9.17, 15) is 5.11 Å². The maximum Gasteiger partial charge on any atom is 0.193 e. The van der Waals surface area contributed by atoms with Crippen LogP contribution in [0.5, 0.6) is 0 Å². The van der Waals surface area contributed by atoms with E-state index in [-0.39, 0.29) is 0 Å². The number of hydrogen-bond acceptors (Lipinski definition) is 4. The molecule has 0 saturated heterocycles. The molecule has 0 aromatic carbocycles. The van der Waals surface area contributed by atoms with E-state index in [1.54, 1.807) is 12.4 Å². The minimum absolute atomic E-state index is 0.319. The van der Waals surface area contributed by atoms with Gasteiger partial charge < -0.3 is 20.1 Å². The number of pyridine rings is 1. The number of aliphatic hydroxyl groups excluding tert-OH is 1. The second kappa shape index (κ2) is 9.47. The Hall–Kier alpha value is -1.66. The van der Waals surface area contributed by atoms with Crippen molar-refractivity contribution < 1.29 is 9.84 Å². The molecule has 1 heterocycles. The molecular weight excluding hydrogens is 292 g/mol. The Morgan fingerprint density at radius 3 is 2.87 bits per heavy atom. The van der Waals surface area contributed by atoms with Crippen LogP contribution in [0.3, 0.4) is 0 Å². The minimum atomic E-state index is -0.619. The highest BCUT2D eigenvalue weighted by atomic mass is 16.5. The topological polar surface area (TPSA) is 70.0 Å². The van der Waals surface area contributed by atoms with Gasteiger partial charge in [0.15, 0.2) is 5.96 Å². The highest BCUT2D eigenvalue weighted by Crippen LogP contribution is 2.28. The number of likely N-dealkylation sites (N-methyl/N-ethyl adjacent to an activating group) is 1. The van der Waals surface area contributed by atoms with Crippen LogP contribution in [0, 0.1) is 5.92 Å². The predicted molar refractivity (Wildman–Crippen MR) is 91.3 cm³/mol. The van der Waals surface area contributed by atoms with Gasteiger partial charge in [0.05, 0.1) is 19.3 Å². The first-order chi connectivity index (χ1) is 11.2. The molecule has 23 heavy (non-hydrogen) atoms. The SMILES string of the molecule is CCNC(=NCC(O)c1ccncc1)N(C)CCOCC1CC1. The van der Waals surface area contributed by atoms with Crippen molar-refractivity contribution in [3.63, 3.8) is 0 Å². The van der Waals surface area contributed by atoms with E-state index in [4.69, 9.17) is 4.74 Å². The number of ether oxygens (including phenoxy) is 1. The second-order valence-electron chi connectivity index (χ2n) is 5.93. The summed E-state index contributed by atoms with van der Waals surface area (Å²) in [7, 11) is 1.99. The molecule has 128 valence electrons. The van der Waals surface area contributed by atoms with Crippen LogP contribution in [-0.4, -0.2) is 60.8 Å². The van der Waals surface area contributed by atoms with Crippen LogP contribution < -0.4 is 5.32 Å². The molecule has 1 aliphatic carbocycles. The van der Waals surface area contributed by atoms with Crippen LogP contribution in [-0.2, 0) is 4.74 Å². The van der Waals surface area contributed by atoms with Crippen molar-refractivity contribution in [3.05, 3.63) is 30.1 Å². The van der Waals surface area contributed by atoms with Crippen LogP contribution in [0.15, 0.2) is 29.5 Å². The maximum absolute atomic E-state index is 10.2. The molecule has 1 aromatic rings. The molecule has 1 fully saturated rings. The molecule has 1 atom stereocenters. The third-order valence-electron chi connectivity index (χ3n) is 3.82. The van der Waals surface area contributed by atoms with E-state index < -0.39 is 6.10 Å². The third-order valence-corrected chi connectivity index (χ3v) is 3.82. The van der Waals surface area contributed by atoms with Crippen molar-refractivity contribution in [1.29, 1.82) is 0 Å². The van der Waals surface area contributed by atoms with Crippen LogP contribution in [0.25, 0.3) is 0 Å². The summed E-state index contributed by atoms with van der Waals surface area (Å²) in [5.41, 5.74) is 0.829. The zero-order chi connectivity index (χ0) is 16.5. The summed E-state index contributed by atoms with van der Waals surface area (Å²) in [6, 6.07) is 3.62. The van der Waals surface area contributed by atoms with E-state index in [2.05, 4.69) is 15.3 Å². The van der Waals surface area contributed by atoms with Crippen molar-refractivity contribution in [1.82, 2.24) is 15.2 Å². The van der Waals surface area contributed by atoms with Gasteiger partial charge in [-0.3, -0.25) is 9.98 Å². The molecule has 2 rings (SSSR count). The molecular formula is C17H28N4O2. The smallest absolute Gasteiger partial charge is 0.193 e. The van der Waals surface area contributed by atoms with Gasteiger partial charge >= 0.3 is 0 Å². The standard InChI is InChI=1S/C17H28N4O2/c1-3-19-17(21(2)10-11-23-13-14-4-5-14)20-12-16(22)15-6-8-18-9-7-15/h6-9,14,16,22H,3-5,10-13H2,1-2H3,(H,19,20). The van der Waals surface area contributed by atoms with E-state index in [0.717, 1.165) is 37.1 Å². The van der Waals surface area contributed by atoms with Crippen molar-refractivity contribution in [2.45, 2.75) is 25.9 Å². The van der Waals surface area contributed by atoms with Crippen LogP contribution in [0.1, 0.15) is 31.4 Å². The lowest BCUT2D eigenvalue weighted by Crippen LogP contribution is -2.40. The fraction of sp³-hybridized carbons (Fsp3) is 0.647. The fourth-order valence-electron chi connectivity index (χ4n) is 2.18. The highest BCUT2D eigenvalue weighted by Gasteiger charge is 2.21. The van der Waals surface area contributed by atoms with Gasteiger partial charge in [0.1, 0.15) is 0 Å². The van der Waals surface area contributed by atoms with E-state index >= 15 is 0 Å². The molecule has 6 nitrogen and oxygen atoms in total. The molecule has 0 radical (unpaired) electrons. The first kappa shape index (κ1) is 17.7. The summed E-state index contributed by atoms with van der Waals surface area (Å²) < 4.78 is 5.67. The van der Waals surface area contributed by atoms with Crippen LogP contribution >= 0.6 is 0 Å². The molecule has 1 unspecified atom stereocenters. The average molecular weight is 320 g/mol. The first-order valence-electron chi connectivity index (χ1n) is 8.36. The Morgan fingerprint density at radius 1 is 1.48 bits per heavy atom. The summed E-state index contributed by atoms with van der Waals surface area (Å²) in [6.45, 7) is 5.50. The van der Waals surface area contributed by atoms with Gasteiger partial charge in [-0.1, -0.05) is 0 Å². The lowest BCUT2D eigenvalue weighted by atomic mass is 10.1. The number of aromatic nitrogens is 1. The monoisotopic (exact) mass is 320 g/mol. The van der Waals surface area contributed by atoms with E-state index in [0.29, 0.717) is 13.2 Å². The summed E-state index contributed by atoms with van der Waals surface area (Å²) in [5, 5.41) is 13.4. The molecule has 2 N–H and O–H groups in total. The zero-order valence-corrected chi connectivity index (χ0v) is 14.1. The normalized spacial score (nSPS) is 16.2. The zero-order valence-electron chi connectivity index (χ0n) is 14.1. The number of nitrogens with one attached hydrogen (secondary N) is 1. The number of rotatable bonds is 9. The molecule has 0 spiro atoms. The maximum atomic E-state index is 10.2. The highest BCUT2D eigenvalue weighted by molar-refractivity contribution is 5.79. The molecule has 0 bridgehead atoms. The van der Waals surface area contributed by atoms with Gasteiger partial charge in [-0.2, -0.15) is 0 Å². The van der Waals surface area contributed by atoms with Gasteiger partial charge in [0, 0.05) is 39.1 Å². The van der Waals surface area contributed by atoms with Gasteiger partial charge in [0.2, 0.25) is 0 Å². The number of guanidine groups is 1. The van der Waals surface area contributed by atoms with Crippen molar-refractivity contribution >= 4 is 5.96 Å². The lowest BCUT2D eigenvalue weighted by molar-refractivity contribution is 0.115. The summed E-state index contributed by atoms with van der Waals surface area (Å²) in [6.07, 6.45) is 5.36. The molecule has 1 aliphatic rings. The van der Waals surface area contributed by atoms with Gasteiger partial charge in [-0.05, 0) is 43.4 Å². The molecule has 0 amide bonds. The first-order valence-corrected chi connectivity index (χ1v) is 8.36. The lowest BCUT2D eigenvalue weighted by Gasteiger charge is -2.22. The van der Waals surface area contributed by atoms with E-state index in [1.165, 1.54) is 12.8 Å². The minimum Gasteiger partial charge on any atom is -0.386 e. The summed E-state index contributed by atoms with van der Waals surface area (Å²) in [4.78, 5) is 10.5. The third kappa shape index (κ3) is 6.54. The number of aliphatic imine (C=N–C) groups is 1. The quantitative estimate of drug-likeness (QED) is 0.409. The van der Waals surface area contributed by atoms with E-state index in [1.807, 2.05) is 31.0 Å². The number of aliphatic hydroxyl groups is 1. The van der Waals surface area contributed by atoms with Crippen LogP contribution in [0.4, 0.5) is 0 Å². The average Bonchev–Trinajstić information content (AvgIpc) is 3.40. The number of nitrogens with zero attached hydrogens (tertiary/aromatic N) is 3. The van der Waals surface area contributed by atoms with Crippen molar-refractivity contribution in [3.8, 4) is 0 Å². The predicted octanol–water partition coefficient (Wildman–Crippen LogP) is 1.44. The Labute approximate surface area is 138 Å². The summed E-state index contributed by atoms with van der Waals surface area (Å²) in [5.74, 6) is 1.58. The molecule has 6 heteroatoms. The van der Waals surface area contributed by atoms with Gasteiger partial charge in [-0.15, -0.1) is 0 Å². The largest absolute Gasteiger partial charge is 0.386 e. The van der Waals surface area contributed by atoms with Crippen LogP contribution in [0.2, 0.25) is 0 Å².